The molecule has 7 aromatic carbocycles. The highest BCUT2D eigenvalue weighted by Gasteiger charge is 2.22. The first-order valence-electron chi connectivity index (χ1n) is 17.5. The molecule has 186 valence electrons. The molecule has 0 aliphatic carbocycles. The maximum atomic E-state index is 9.26. The molecule has 0 saturated carbocycles. The second-order valence-electron chi connectivity index (χ2n) is 9.85. The summed E-state index contributed by atoms with van der Waals surface area (Å²) in [6.45, 7) is 0. The standard InChI is InChI=1S/C38H23NO/c1-2-10-26(11-3-1)39-34-23-25(18-19-29(34)33-20-17-24-9-4-5-12-28(24)38(33)39)27-21-22-36-37-31(27)14-8-15-32(37)30-13-6-7-16-35(30)40-36/h1-23H/i6D,7D,8D,13D,14D,15D,16D,21D,22D. The molecule has 0 atom stereocenters. The van der Waals surface area contributed by atoms with E-state index in [9.17, 15) is 1.37 Å². The van der Waals surface area contributed by atoms with Gasteiger partial charge in [0.1, 0.15) is 11.5 Å². The number of ether oxygens (including phenoxy) is 1. The molecule has 0 fully saturated rings. The molecule has 1 aromatic heterocycles. The molecule has 0 saturated heterocycles. The average molecular weight is 519 g/mol. The van der Waals surface area contributed by atoms with E-state index in [-0.39, 0.29) is 57.1 Å². The van der Waals surface area contributed by atoms with Crippen LogP contribution < -0.4 is 4.74 Å². The molecule has 1 aliphatic heterocycles. The van der Waals surface area contributed by atoms with Gasteiger partial charge in [-0.1, -0.05) is 109 Å². The molecule has 0 unspecified atom stereocenters. The van der Waals surface area contributed by atoms with Crippen LogP contribution in [0.25, 0.3) is 71.3 Å². The smallest absolute Gasteiger partial charge is 0.135 e. The van der Waals surface area contributed by atoms with Gasteiger partial charge in [-0.15, -0.1) is 0 Å². The van der Waals surface area contributed by atoms with E-state index in [0.717, 1.165) is 38.3 Å². The van der Waals surface area contributed by atoms with Gasteiger partial charge in [0.05, 0.1) is 23.4 Å². The predicted octanol–water partition coefficient (Wildman–Crippen LogP) is 10.5. The van der Waals surface area contributed by atoms with Gasteiger partial charge in [-0.3, -0.25) is 0 Å². The van der Waals surface area contributed by atoms with Gasteiger partial charge in [0.25, 0.3) is 0 Å². The number of fused-ring (bicyclic) bond motifs is 7. The Labute approximate surface area is 244 Å². The molecule has 1 aliphatic rings. The lowest BCUT2D eigenvalue weighted by Crippen LogP contribution is -1.97. The van der Waals surface area contributed by atoms with Crippen molar-refractivity contribution in [2.24, 2.45) is 0 Å². The molecule has 40 heavy (non-hydrogen) atoms. The van der Waals surface area contributed by atoms with Gasteiger partial charge in [0, 0.05) is 32.8 Å². The van der Waals surface area contributed by atoms with Crippen molar-refractivity contribution >= 4 is 43.4 Å². The van der Waals surface area contributed by atoms with E-state index in [1.807, 2.05) is 60.7 Å². The summed E-state index contributed by atoms with van der Waals surface area (Å²) in [5.74, 6) is -0.448. The molecule has 0 bridgehead atoms. The lowest BCUT2D eigenvalue weighted by molar-refractivity contribution is 0.487. The monoisotopic (exact) mass is 518 g/mol. The Morgan fingerprint density at radius 2 is 1.38 bits per heavy atom. The van der Waals surface area contributed by atoms with Crippen molar-refractivity contribution in [1.29, 1.82) is 0 Å². The number of para-hydroxylation sites is 2. The average Bonchev–Trinajstić information content (AvgIpc) is 3.46. The third-order valence-corrected chi connectivity index (χ3v) is 7.72. The fourth-order valence-corrected chi connectivity index (χ4v) is 5.98. The zero-order valence-corrected chi connectivity index (χ0v) is 20.9. The van der Waals surface area contributed by atoms with Crippen molar-refractivity contribution in [3.8, 4) is 39.4 Å². The van der Waals surface area contributed by atoms with Crippen molar-refractivity contribution < 1.29 is 17.1 Å². The number of nitrogens with zero attached hydrogens (tertiary/aromatic N) is 1. The molecule has 2 nitrogen and oxygen atoms in total. The van der Waals surface area contributed by atoms with E-state index < -0.39 is 36.3 Å². The Morgan fingerprint density at radius 3 is 2.33 bits per heavy atom. The van der Waals surface area contributed by atoms with Crippen molar-refractivity contribution in [1.82, 2.24) is 4.57 Å². The normalized spacial score (nSPS) is 15.3. The Morgan fingerprint density at radius 1 is 0.550 bits per heavy atom. The number of hydrogen-bond donors (Lipinski definition) is 0. The van der Waals surface area contributed by atoms with Crippen LogP contribution in [0.4, 0.5) is 0 Å². The summed E-state index contributed by atoms with van der Waals surface area (Å²) >= 11 is 0. The number of hydrogen-bond acceptors (Lipinski definition) is 1. The third-order valence-electron chi connectivity index (χ3n) is 7.72. The molecule has 0 radical (unpaired) electrons. The van der Waals surface area contributed by atoms with Crippen molar-refractivity contribution in [3.63, 3.8) is 0 Å². The Kier molecular flexibility index (Phi) is 2.97. The Bertz CT molecular complexity index is 2790. The van der Waals surface area contributed by atoms with Gasteiger partial charge in [0.15, 0.2) is 0 Å². The molecule has 0 N–H and O–H groups in total. The summed E-state index contributed by atoms with van der Waals surface area (Å²) in [6, 6.07) is 24.2. The lowest BCUT2D eigenvalue weighted by Gasteiger charge is -2.22. The maximum Gasteiger partial charge on any atom is 0.135 e. The molecule has 0 amide bonds. The van der Waals surface area contributed by atoms with Crippen LogP contribution in [0, 0.1) is 0 Å². The highest BCUT2D eigenvalue weighted by molar-refractivity contribution is 6.19. The molecular formula is C38H23NO. The zero-order chi connectivity index (χ0) is 34.0. The van der Waals surface area contributed by atoms with E-state index in [1.54, 1.807) is 0 Å². The SMILES string of the molecule is [2H]c1c([2H])c([2H])c2c(c1[2H])Oc1c([2H])c([2H])c(-c3ccc4c5ccc6ccccc6c5n(-c5ccccc5)c4c3)c3c([2H])c([2H])c([2H])c-2c13. The van der Waals surface area contributed by atoms with Crippen molar-refractivity contribution in [3.05, 3.63) is 139 Å². The summed E-state index contributed by atoms with van der Waals surface area (Å²) in [5, 5.41) is 4.35. The van der Waals surface area contributed by atoms with Crippen molar-refractivity contribution in [2.45, 2.75) is 0 Å². The van der Waals surface area contributed by atoms with Crippen LogP contribution in [0.2, 0.25) is 0 Å². The largest absolute Gasteiger partial charge is 0.456 e. The summed E-state index contributed by atoms with van der Waals surface area (Å²) < 4.78 is 87.1. The van der Waals surface area contributed by atoms with Crippen LogP contribution in [0.3, 0.4) is 0 Å². The number of rotatable bonds is 2. The predicted molar refractivity (Wildman–Crippen MR) is 167 cm³/mol. The van der Waals surface area contributed by atoms with Gasteiger partial charge in [-0.2, -0.15) is 0 Å². The van der Waals surface area contributed by atoms with Crippen LogP contribution in [0.15, 0.2) is 139 Å². The minimum absolute atomic E-state index is 0.0139. The molecule has 0 spiro atoms. The fraction of sp³-hybridized carbons (Fsp3) is 0. The molecule has 2 heterocycles. The van der Waals surface area contributed by atoms with E-state index in [2.05, 4.69) is 28.8 Å². The second kappa shape index (κ2) is 8.08. The van der Waals surface area contributed by atoms with Crippen LogP contribution >= 0.6 is 0 Å². The number of aromatic nitrogens is 1. The highest BCUT2D eigenvalue weighted by Crippen LogP contribution is 2.49. The van der Waals surface area contributed by atoms with E-state index in [0.29, 0.717) is 5.56 Å². The summed E-state index contributed by atoms with van der Waals surface area (Å²) in [4.78, 5) is 0. The third kappa shape index (κ3) is 2.93. The summed E-state index contributed by atoms with van der Waals surface area (Å²) in [5.41, 5.74) is 3.36. The van der Waals surface area contributed by atoms with E-state index in [4.69, 9.17) is 15.7 Å². The first kappa shape index (κ1) is 14.7. The quantitative estimate of drug-likeness (QED) is 0.222. The highest BCUT2D eigenvalue weighted by atomic mass is 16.5. The first-order chi connectivity index (χ1) is 23.6. The van der Waals surface area contributed by atoms with Gasteiger partial charge in [-0.05, 0) is 57.7 Å². The fourth-order valence-electron chi connectivity index (χ4n) is 5.98. The Balaban J connectivity index is 1.44. The van der Waals surface area contributed by atoms with Crippen LogP contribution in [0.1, 0.15) is 12.3 Å². The minimum Gasteiger partial charge on any atom is -0.456 e. The molecule has 2 heteroatoms. The van der Waals surface area contributed by atoms with E-state index >= 15 is 0 Å². The summed E-state index contributed by atoms with van der Waals surface area (Å²) in [7, 11) is 0. The molecular weight excluding hydrogens is 486 g/mol. The molecule has 8 aromatic rings. The van der Waals surface area contributed by atoms with E-state index in [1.165, 1.54) is 0 Å². The van der Waals surface area contributed by atoms with Crippen LogP contribution in [-0.4, -0.2) is 4.57 Å². The lowest BCUT2D eigenvalue weighted by atomic mass is 9.90. The van der Waals surface area contributed by atoms with Crippen LogP contribution in [0.5, 0.6) is 11.5 Å². The van der Waals surface area contributed by atoms with Crippen LogP contribution in [-0.2, 0) is 0 Å². The second-order valence-corrected chi connectivity index (χ2v) is 9.85. The topological polar surface area (TPSA) is 14.2 Å². The van der Waals surface area contributed by atoms with Gasteiger partial charge < -0.3 is 9.30 Å². The number of benzene rings is 7. The maximum absolute atomic E-state index is 9.26. The van der Waals surface area contributed by atoms with Gasteiger partial charge in [-0.25, -0.2) is 0 Å². The van der Waals surface area contributed by atoms with Gasteiger partial charge >= 0.3 is 0 Å². The first-order valence-corrected chi connectivity index (χ1v) is 13.0. The zero-order valence-electron chi connectivity index (χ0n) is 29.9. The van der Waals surface area contributed by atoms with Gasteiger partial charge in [0.2, 0.25) is 0 Å². The van der Waals surface area contributed by atoms with Crippen molar-refractivity contribution in [2.75, 3.05) is 0 Å². The minimum atomic E-state index is -0.540. The molecule has 9 rings (SSSR count). The summed E-state index contributed by atoms with van der Waals surface area (Å²) in [6.07, 6.45) is 0. The Hall–Kier alpha value is -5.34.